The Kier molecular flexibility index (Phi) is 11.5. The average molecular weight is 309 g/mol. The third-order valence-corrected chi connectivity index (χ3v) is 5.07. The molecular formula is C20H40N2. The lowest BCUT2D eigenvalue weighted by Crippen LogP contribution is -2.40. The van der Waals surface area contributed by atoms with Crippen LogP contribution < -0.4 is 0 Å². The molecule has 0 aromatic heterocycles. The smallest absolute Gasteiger partial charge is 0.0959 e. The highest BCUT2D eigenvalue weighted by molar-refractivity contribution is 5.80. The summed E-state index contributed by atoms with van der Waals surface area (Å²) < 4.78 is 0. The SMILES string of the molecule is CCCCCCCCCCCCCC(C)N1CCCN=C1C. The van der Waals surface area contributed by atoms with Crippen molar-refractivity contribution in [2.45, 2.75) is 110 Å². The number of hydrogen-bond donors (Lipinski definition) is 0. The normalized spacial score (nSPS) is 16.7. The van der Waals surface area contributed by atoms with E-state index in [0.717, 1.165) is 6.54 Å². The fourth-order valence-corrected chi connectivity index (χ4v) is 3.53. The Hall–Kier alpha value is -0.530. The van der Waals surface area contributed by atoms with E-state index in [4.69, 9.17) is 0 Å². The highest BCUT2D eigenvalue weighted by atomic mass is 15.2. The van der Waals surface area contributed by atoms with Gasteiger partial charge in [-0.25, -0.2) is 0 Å². The Bertz CT molecular complexity index is 285. The van der Waals surface area contributed by atoms with E-state index in [1.165, 1.54) is 95.9 Å². The van der Waals surface area contributed by atoms with Gasteiger partial charge in [0, 0.05) is 19.1 Å². The minimum Gasteiger partial charge on any atom is -0.358 e. The van der Waals surface area contributed by atoms with Gasteiger partial charge in [0.25, 0.3) is 0 Å². The third-order valence-electron chi connectivity index (χ3n) is 5.07. The van der Waals surface area contributed by atoms with E-state index in [0.29, 0.717) is 6.04 Å². The van der Waals surface area contributed by atoms with E-state index in [-0.39, 0.29) is 0 Å². The first-order valence-electron chi connectivity index (χ1n) is 10.0. The topological polar surface area (TPSA) is 15.6 Å². The Labute approximate surface area is 139 Å². The molecule has 1 atom stereocenters. The highest BCUT2D eigenvalue weighted by Gasteiger charge is 2.16. The summed E-state index contributed by atoms with van der Waals surface area (Å²) in [5, 5.41) is 0. The second kappa shape index (κ2) is 13.0. The first-order chi connectivity index (χ1) is 10.8. The third kappa shape index (κ3) is 8.80. The second-order valence-corrected chi connectivity index (χ2v) is 7.15. The zero-order chi connectivity index (χ0) is 16.0. The summed E-state index contributed by atoms with van der Waals surface area (Å²) in [6, 6.07) is 0.683. The molecule has 0 aliphatic carbocycles. The van der Waals surface area contributed by atoms with Gasteiger partial charge in [-0.05, 0) is 26.7 Å². The molecule has 2 heteroatoms. The Morgan fingerprint density at radius 2 is 1.45 bits per heavy atom. The second-order valence-electron chi connectivity index (χ2n) is 7.15. The number of aliphatic imine (C=N–C) groups is 1. The fourth-order valence-electron chi connectivity index (χ4n) is 3.53. The van der Waals surface area contributed by atoms with Crippen LogP contribution >= 0.6 is 0 Å². The molecule has 0 N–H and O–H groups in total. The summed E-state index contributed by atoms with van der Waals surface area (Å²) >= 11 is 0. The van der Waals surface area contributed by atoms with Gasteiger partial charge in [0.15, 0.2) is 0 Å². The van der Waals surface area contributed by atoms with Crippen LogP contribution in [0.1, 0.15) is 104 Å². The summed E-state index contributed by atoms with van der Waals surface area (Å²) in [7, 11) is 0. The maximum absolute atomic E-state index is 4.58. The summed E-state index contributed by atoms with van der Waals surface area (Å²) in [5.41, 5.74) is 0. The van der Waals surface area contributed by atoms with Gasteiger partial charge >= 0.3 is 0 Å². The molecule has 0 spiro atoms. The van der Waals surface area contributed by atoms with Gasteiger partial charge in [-0.15, -0.1) is 0 Å². The molecule has 0 bridgehead atoms. The minimum absolute atomic E-state index is 0.683. The van der Waals surface area contributed by atoms with E-state index in [1.807, 2.05) is 0 Å². The molecule has 1 unspecified atom stereocenters. The number of unbranched alkanes of at least 4 members (excludes halogenated alkanes) is 10. The molecule has 1 rings (SSSR count). The van der Waals surface area contributed by atoms with Crippen LogP contribution in [0.5, 0.6) is 0 Å². The van der Waals surface area contributed by atoms with Gasteiger partial charge < -0.3 is 4.90 Å². The molecule has 1 heterocycles. The molecule has 0 saturated carbocycles. The molecule has 22 heavy (non-hydrogen) atoms. The van der Waals surface area contributed by atoms with Crippen LogP contribution in [0.3, 0.4) is 0 Å². The first-order valence-corrected chi connectivity index (χ1v) is 10.0. The minimum atomic E-state index is 0.683. The van der Waals surface area contributed by atoms with Crippen LogP contribution in [0.25, 0.3) is 0 Å². The van der Waals surface area contributed by atoms with E-state index in [2.05, 4.69) is 30.7 Å². The van der Waals surface area contributed by atoms with Crippen molar-refractivity contribution in [2.75, 3.05) is 13.1 Å². The lowest BCUT2D eigenvalue weighted by Gasteiger charge is -2.33. The predicted molar refractivity (Wildman–Crippen MR) is 99.8 cm³/mol. The molecular weight excluding hydrogens is 268 g/mol. The molecule has 0 fully saturated rings. The molecule has 1 aliphatic heterocycles. The van der Waals surface area contributed by atoms with Gasteiger partial charge in [0.2, 0.25) is 0 Å². The summed E-state index contributed by atoms with van der Waals surface area (Å²) in [5.74, 6) is 1.27. The number of hydrogen-bond acceptors (Lipinski definition) is 2. The van der Waals surface area contributed by atoms with E-state index in [9.17, 15) is 0 Å². The van der Waals surface area contributed by atoms with Crippen LogP contribution in [0.15, 0.2) is 4.99 Å². The van der Waals surface area contributed by atoms with Crippen molar-refractivity contribution in [3.05, 3.63) is 0 Å². The highest BCUT2D eigenvalue weighted by Crippen LogP contribution is 2.16. The standard InChI is InChI=1S/C20H40N2/c1-4-5-6-7-8-9-10-11-12-13-14-16-19(2)22-18-15-17-21-20(22)3/h19H,4-18H2,1-3H3. The molecule has 0 aromatic rings. The van der Waals surface area contributed by atoms with E-state index >= 15 is 0 Å². The van der Waals surface area contributed by atoms with Crippen molar-refractivity contribution < 1.29 is 0 Å². The van der Waals surface area contributed by atoms with Crippen molar-refractivity contribution in [3.8, 4) is 0 Å². The molecule has 0 saturated heterocycles. The number of amidine groups is 1. The Morgan fingerprint density at radius 1 is 0.909 bits per heavy atom. The van der Waals surface area contributed by atoms with Crippen molar-refractivity contribution in [1.82, 2.24) is 4.90 Å². The van der Waals surface area contributed by atoms with Crippen molar-refractivity contribution in [2.24, 2.45) is 4.99 Å². The summed E-state index contributed by atoms with van der Waals surface area (Å²) in [4.78, 5) is 7.09. The van der Waals surface area contributed by atoms with Crippen LogP contribution in [-0.2, 0) is 0 Å². The summed E-state index contributed by atoms with van der Waals surface area (Å²) in [6.45, 7) is 9.10. The predicted octanol–water partition coefficient (Wildman–Crippen LogP) is 6.20. The largest absolute Gasteiger partial charge is 0.358 e. The van der Waals surface area contributed by atoms with Gasteiger partial charge in [0.1, 0.15) is 0 Å². The van der Waals surface area contributed by atoms with Crippen LogP contribution in [-0.4, -0.2) is 29.9 Å². The van der Waals surface area contributed by atoms with Crippen LogP contribution in [0.2, 0.25) is 0 Å². The van der Waals surface area contributed by atoms with Gasteiger partial charge in [-0.1, -0.05) is 77.6 Å². The van der Waals surface area contributed by atoms with Gasteiger partial charge in [0.05, 0.1) is 5.84 Å². The van der Waals surface area contributed by atoms with Crippen molar-refractivity contribution in [1.29, 1.82) is 0 Å². The van der Waals surface area contributed by atoms with Gasteiger partial charge in [-0.3, -0.25) is 4.99 Å². The van der Waals surface area contributed by atoms with Crippen molar-refractivity contribution in [3.63, 3.8) is 0 Å². The summed E-state index contributed by atoms with van der Waals surface area (Å²) in [6.07, 6.45) is 18.4. The maximum Gasteiger partial charge on any atom is 0.0959 e. The maximum atomic E-state index is 4.58. The monoisotopic (exact) mass is 308 g/mol. The van der Waals surface area contributed by atoms with Crippen LogP contribution in [0.4, 0.5) is 0 Å². The van der Waals surface area contributed by atoms with Crippen LogP contribution in [0, 0.1) is 0 Å². The lowest BCUT2D eigenvalue weighted by atomic mass is 10.0. The lowest BCUT2D eigenvalue weighted by molar-refractivity contribution is 0.291. The molecule has 1 aliphatic rings. The molecule has 130 valence electrons. The Morgan fingerprint density at radius 3 is 2.00 bits per heavy atom. The molecule has 0 radical (unpaired) electrons. The molecule has 2 nitrogen and oxygen atoms in total. The van der Waals surface area contributed by atoms with E-state index < -0.39 is 0 Å². The first kappa shape index (κ1) is 19.5. The van der Waals surface area contributed by atoms with Crippen molar-refractivity contribution >= 4 is 5.84 Å². The number of nitrogens with zero attached hydrogens (tertiary/aromatic N) is 2. The zero-order valence-electron chi connectivity index (χ0n) is 15.6. The quantitative estimate of drug-likeness (QED) is 0.370. The van der Waals surface area contributed by atoms with Gasteiger partial charge in [-0.2, -0.15) is 0 Å². The molecule has 0 amide bonds. The Balaban J connectivity index is 1.89. The zero-order valence-corrected chi connectivity index (χ0v) is 15.6. The average Bonchev–Trinajstić information content (AvgIpc) is 2.53. The fraction of sp³-hybridized carbons (Fsp3) is 0.950. The molecule has 0 aromatic carbocycles. The van der Waals surface area contributed by atoms with E-state index in [1.54, 1.807) is 0 Å². The number of rotatable bonds is 13.